The second kappa shape index (κ2) is 14.5. The first-order chi connectivity index (χ1) is 8.85. The summed E-state index contributed by atoms with van der Waals surface area (Å²) in [5.74, 6) is 0. The second-order valence-corrected chi connectivity index (χ2v) is 4.25. The highest BCUT2D eigenvalue weighted by atomic mass is 16.7. The van der Waals surface area contributed by atoms with Gasteiger partial charge in [0, 0.05) is 13.2 Å². The fourth-order valence-electron chi connectivity index (χ4n) is 1.62. The summed E-state index contributed by atoms with van der Waals surface area (Å²) in [5, 5.41) is 0. The van der Waals surface area contributed by atoms with E-state index in [1.165, 1.54) is 32.1 Å². The Morgan fingerprint density at radius 3 is 1.89 bits per heavy atom. The zero-order valence-corrected chi connectivity index (χ0v) is 12.4. The molecule has 0 aromatic rings. The Balaban J connectivity index is 3.50. The first kappa shape index (κ1) is 17.4. The van der Waals surface area contributed by atoms with E-state index in [1.54, 1.807) is 0 Å². The Labute approximate surface area is 113 Å². The summed E-state index contributed by atoms with van der Waals surface area (Å²) >= 11 is 0. The van der Waals surface area contributed by atoms with E-state index >= 15 is 0 Å². The van der Waals surface area contributed by atoms with Gasteiger partial charge in [-0.1, -0.05) is 31.6 Å². The molecule has 0 bridgehead atoms. The summed E-state index contributed by atoms with van der Waals surface area (Å²) in [6.07, 6.45) is 15.9. The number of hydrogen-bond donors (Lipinski definition) is 0. The van der Waals surface area contributed by atoms with Crippen LogP contribution in [-0.2, 0) is 9.47 Å². The molecule has 0 amide bonds. The van der Waals surface area contributed by atoms with E-state index in [2.05, 4.69) is 25.2 Å². The van der Waals surface area contributed by atoms with E-state index < -0.39 is 0 Å². The molecule has 0 aromatic heterocycles. The van der Waals surface area contributed by atoms with Crippen molar-refractivity contribution >= 4 is 0 Å². The largest absolute Gasteiger partial charge is 0.349 e. The summed E-state index contributed by atoms with van der Waals surface area (Å²) in [6, 6.07) is 0. The van der Waals surface area contributed by atoms with Crippen molar-refractivity contribution in [1.29, 1.82) is 0 Å². The molecule has 0 aliphatic rings. The predicted octanol–water partition coefficient (Wildman–Crippen LogP) is 4.86. The van der Waals surface area contributed by atoms with E-state index in [0.717, 1.165) is 6.42 Å². The lowest BCUT2D eigenvalue weighted by atomic mass is 10.1. The lowest BCUT2D eigenvalue weighted by Crippen LogP contribution is -2.14. The van der Waals surface area contributed by atoms with Crippen LogP contribution in [0.2, 0.25) is 0 Å². The van der Waals surface area contributed by atoms with Gasteiger partial charge in [0.1, 0.15) is 0 Å². The number of unbranched alkanes of at least 4 members (excludes halogenated alkanes) is 4. The Morgan fingerprint density at radius 2 is 1.33 bits per heavy atom. The average Bonchev–Trinajstić information content (AvgIpc) is 2.37. The first-order valence-electron chi connectivity index (χ1n) is 7.39. The normalized spacial score (nSPS) is 12.2. The molecule has 0 saturated heterocycles. The molecule has 0 aliphatic heterocycles. The van der Waals surface area contributed by atoms with Crippen molar-refractivity contribution in [3.05, 3.63) is 24.3 Å². The van der Waals surface area contributed by atoms with Gasteiger partial charge >= 0.3 is 0 Å². The van der Waals surface area contributed by atoms with Gasteiger partial charge < -0.3 is 9.47 Å². The van der Waals surface area contributed by atoms with Gasteiger partial charge in [-0.3, -0.25) is 0 Å². The quantitative estimate of drug-likeness (QED) is 0.281. The molecule has 0 atom stereocenters. The van der Waals surface area contributed by atoms with Gasteiger partial charge in [-0.25, -0.2) is 0 Å². The number of rotatable bonds is 12. The van der Waals surface area contributed by atoms with Crippen molar-refractivity contribution in [3.8, 4) is 0 Å². The van der Waals surface area contributed by atoms with Crippen LogP contribution >= 0.6 is 0 Å². The van der Waals surface area contributed by atoms with Gasteiger partial charge in [0.15, 0.2) is 6.29 Å². The molecule has 0 saturated carbocycles. The topological polar surface area (TPSA) is 18.5 Å². The van der Waals surface area contributed by atoms with E-state index in [9.17, 15) is 0 Å². The van der Waals surface area contributed by atoms with Crippen molar-refractivity contribution in [2.24, 2.45) is 0 Å². The second-order valence-electron chi connectivity index (χ2n) is 4.25. The number of allylic oxidation sites excluding steroid dienone is 3. The lowest BCUT2D eigenvalue weighted by molar-refractivity contribution is -0.104. The predicted molar refractivity (Wildman–Crippen MR) is 78.7 cm³/mol. The van der Waals surface area contributed by atoms with Crippen molar-refractivity contribution in [3.63, 3.8) is 0 Å². The summed E-state index contributed by atoms with van der Waals surface area (Å²) in [5.41, 5.74) is 0. The van der Waals surface area contributed by atoms with E-state index in [0.29, 0.717) is 13.2 Å². The highest BCUT2D eigenvalue weighted by molar-refractivity contribution is 4.86. The minimum absolute atomic E-state index is 0.163. The van der Waals surface area contributed by atoms with Gasteiger partial charge in [-0.2, -0.15) is 0 Å². The van der Waals surface area contributed by atoms with Crippen LogP contribution in [0.5, 0.6) is 0 Å². The van der Waals surface area contributed by atoms with Crippen molar-refractivity contribution in [2.45, 2.75) is 65.6 Å². The fourth-order valence-corrected chi connectivity index (χ4v) is 1.62. The molecule has 18 heavy (non-hydrogen) atoms. The summed E-state index contributed by atoms with van der Waals surface area (Å²) in [6.45, 7) is 7.57. The van der Waals surface area contributed by atoms with Crippen molar-refractivity contribution in [2.75, 3.05) is 13.2 Å². The molecule has 2 nitrogen and oxygen atoms in total. The van der Waals surface area contributed by atoms with Crippen molar-refractivity contribution in [1.82, 2.24) is 0 Å². The van der Waals surface area contributed by atoms with Crippen LogP contribution in [0, 0.1) is 0 Å². The highest BCUT2D eigenvalue weighted by Gasteiger charge is 2.00. The minimum atomic E-state index is -0.163. The van der Waals surface area contributed by atoms with Crippen LogP contribution in [0.25, 0.3) is 0 Å². The van der Waals surface area contributed by atoms with Gasteiger partial charge in [0.05, 0.1) is 0 Å². The van der Waals surface area contributed by atoms with Gasteiger partial charge in [0.2, 0.25) is 0 Å². The molecule has 0 aliphatic carbocycles. The standard InChI is InChI=1S/C16H30O2/c1-4-7-8-9-10-11-12-13-14-15-16(17-5-2)18-6-3/h8-9,14-16H,4-7,10-13H2,1-3H3/b9-8+,15-14+. The Hall–Kier alpha value is -0.600. The zero-order valence-electron chi connectivity index (χ0n) is 12.4. The molecule has 106 valence electrons. The molecule has 0 fully saturated rings. The Bertz CT molecular complexity index is 203. The molecule has 2 heteroatoms. The van der Waals surface area contributed by atoms with Crippen LogP contribution in [0.4, 0.5) is 0 Å². The third-order valence-corrected chi connectivity index (χ3v) is 2.57. The minimum Gasteiger partial charge on any atom is -0.349 e. The van der Waals surface area contributed by atoms with E-state index in [1.807, 2.05) is 19.9 Å². The van der Waals surface area contributed by atoms with Crippen LogP contribution in [0.3, 0.4) is 0 Å². The lowest BCUT2D eigenvalue weighted by Gasteiger charge is -2.12. The maximum Gasteiger partial charge on any atom is 0.176 e. The van der Waals surface area contributed by atoms with Crippen LogP contribution in [0.1, 0.15) is 59.3 Å². The third-order valence-electron chi connectivity index (χ3n) is 2.57. The van der Waals surface area contributed by atoms with Crippen LogP contribution in [0.15, 0.2) is 24.3 Å². The Kier molecular flexibility index (Phi) is 14.0. The molecule has 0 radical (unpaired) electrons. The first-order valence-corrected chi connectivity index (χ1v) is 7.39. The van der Waals surface area contributed by atoms with Gasteiger partial charge in [-0.05, 0) is 52.0 Å². The fraction of sp³-hybridized carbons (Fsp3) is 0.750. The number of hydrogen-bond acceptors (Lipinski definition) is 2. The third kappa shape index (κ3) is 11.9. The molecule has 0 N–H and O–H groups in total. The summed E-state index contributed by atoms with van der Waals surface area (Å²) in [7, 11) is 0. The zero-order chi connectivity index (χ0) is 13.5. The molecule has 0 rings (SSSR count). The summed E-state index contributed by atoms with van der Waals surface area (Å²) in [4.78, 5) is 0. The van der Waals surface area contributed by atoms with E-state index in [-0.39, 0.29) is 6.29 Å². The summed E-state index contributed by atoms with van der Waals surface area (Å²) < 4.78 is 10.9. The van der Waals surface area contributed by atoms with Crippen molar-refractivity contribution < 1.29 is 9.47 Å². The highest BCUT2D eigenvalue weighted by Crippen LogP contribution is 2.04. The van der Waals surface area contributed by atoms with Gasteiger partial charge in [0.25, 0.3) is 0 Å². The average molecular weight is 254 g/mol. The monoisotopic (exact) mass is 254 g/mol. The molecule has 0 unspecified atom stereocenters. The maximum absolute atomic E-state index is 5.43. The SMILES string of the molecule is CCC/C=C/CCCC/C=C/C(OCC)OCC. The molecule has 0 aromatic carbocycles. The smallest absolute Gasteiger partial charge is 0.176 e. The van der Waals surface area contributed by atoms with Crippen LogP contribution in [-0.4, -0.2) is 19.5 Å². The molecule has 0 heterocycles. The van der Waals surface area contributed by atoms with E-state index in [4.69, 9.17) is 9.47 Å². The molecular formula is C16H30O2. The maximum atomic E-state index is 5.43. The Morgan fingerprint density at radius 1 is 0.778 bits per heavy atom. The number of ether oxygens (including phenoxy) is 2. The molecule has 0 spiro atoms. The van der Waals surface area contributed by atoms with Gasteiger partial charge in [-0.15, -0.1) is 0 Å². The molecular weight excluding hydrogens is 224 g/mol. The van der Waals surface area contributed by atoms with Crippen LogP contribution < -0.4 is 0 Å².